The van der Waals surface area contributed by atoms with E-state index in [0.717, 1.165) is 0 Å². The Hall–Kier alpha value is -0.570. The Balaban J connectivity index is 2.37. The molecule has 3 heteroatoms. The summed E-state index contributed by atoms with van der Waals surface area (Å²) in [5.41, 5.74) is 5.87. The Morgan fingerprint density at radius 1 is 1.43 bits per heavy atom. The third-order valence-corrected chi connectivity index (χ3v) is 3.48. The van der Waals surface area contributed by atoms with Gasteiger partial charge in [0.1, 0.15) is 0 Å². The normalized spacial score (nSPS) is 23.0. The van der Waals surface area contributed by atoms with Crippen molar-refractivity contribution in [3.05, 3.63) is 0 Å². The zero-order valence-corrected chi connectivity index (χ0v) is 8.91. The van der Waals surface area contributed by atoms with Gasteiger partial charge in [0.05, 0.1) is 6.42 Å². The molecule has 1 saturated carbocycles. The van der Waals surface area contributed by atoms with Gasteiger partial charge in [-0.2, -0.15) is 0 Å². The van der Waals surface area contributed by atoms with E-state index >= 15 is 0 Å². The van der Waals surface area contributed by atoms with E-state index in [0.29, 0.717) is 11.8 Å². The van der Waals surface area contributed by atoms with Gasteiger partial charge in [0.2, 0.25) is 0 Å². The quantitative estimate of drug-likeness (QED) is 0.728. The maximum Gasteiger partial charge on any atom is 0.304 e. The lowest BCUT2D eigenvalue weighted by Gasteiger charge is -2.30. The van der Waals surface area contributed by atoms with Crippen LogP contribution in [0, 0.1) is 11.8 Å². The Labute approximate surface area is 85.7 Å². The smallest absolute Gasteiger partial charge is 0.304 e. The minimum atomic E-state index is -0.778. The molecule has 0 saturated heterocycles. The number of hydrogen-bond acceptors (Lipinski definition) is 2. The molecule has 0 amide bonds. The Bertz CT molecular complexity index is 188. The molecule has 1 fully saturated rings. The lowest BCUT2D eigenvalue weighted by atomic mass is 9.77. The van der Waals surface area contributed by atoms with Crippen molar-refractivity contribution in [3.8, 4) is 0 Å². The van der Waals surface area contributed by atoms with Crippen LogP contribution < -0.4 is 5.73 Å². The molecule has 0 unspecified atom stereocenters. The number of hydrogen-bond donors (Lipinski definition) is 2. The van der Waals surface area contributed by atoms with E-state index in [9.17, 15) is 4.79 Å². The van der Waals surface area contributed by atoms with E-state index < -0.39 is 5.97 Å². The minimum absolute atomic E-state index is 0.109. The molecule has 0 spiro atoms. The second kappa shape index (κ2) is 5.35. The van der Waals surface area contributed by atoms with Crippen LogP contribution in [0.1, 0.15) is 45.4 Å². The highest BCUT2D eigenvalue weighted by molar-refractivity contribution is 5.67. The van der Waals surface area contributed by atoms with Gasteiger partial charge in [-0.05, 0) is 11.8 Å². The van der Waals surface area contributed by atoms with Crippen LogP contribution in [0.25, 0.3) is 0 Å². The standard InChI is InChI=1S/C11H21NO2/c1-8(10(12)7-11(13)14)9-5-3-2-4-6-9/h8-10H,2-7,12H2,1H3,(H,13,14)/t8-,10-/m1/s1. The van der Waals surface area contributed by atoms with E-state index in [1.807, 2.05) is 0 Å². The summed E-state index contributed by atoms with van der Waals surface area (Å²) >= 11 is 0. The lowest BCUT2D eigenvalue weighted by molar-refractivity contribution is -0.137. The van der Waals surface area contributed by atoms with Crippen LogP contribution in [0.15, 0.2) is 0 Å². The van der Waals surface area contributed by atoms with Gasteiger partial charge in [0.15, 0.2) is 0 Å². The molecule has 14 heavy (non-hydrogen) atoms. The van der Waals surface area contributed by atoms with E-state index in [1.165, 1.54) is 32.1 Å². The van der Waals surface area contributed by atoms with Gasteiger partial charge in [-0.1, -0.05) is 39.0 Å². The van der Waals surface area contributed by atoms with Crippen molar-refractivity contribution in [3.63, 3.8) is 0 Å². The monoisotopic (exact) mass is 199 g/mol. The summed E-state index contributed by atoms with van der Waals surface area (Å²) in [5, 5.41) is 8.65. The fourth-order valence-corrected chi connectivity index (χ4v) is 2.40. The first-order chi connectivity index (χ1) is 6.61. The first kappa shape index (κ1) is 11.5. The van der Waals surface area contributed by atoms with Gasteiger partial charge in [-0.25, -0.2) is 0 Å². The van der Waals surface area contributed by atoms with E-state index in [2.05, 4.69) is 6.92 Å². The number of aliphatic carboxylic acids is 1. The van der Waals surface area contributed by atoms with Crippen LogP contribution in [0.3, 0.4) is 0 Å². The van der Waals surface area contributed by atoms with Crippen LogP contribution in [0.4, 0.5) is 0 Å². The van der Waals surface area contributed by atoms with Crippen molar-refractivity contribution < 1.29 is 9.90 Å². The molecule has 1 rings (SSSR count). The van der Waals surface area contributed by atoms with E-state index in [1.54, 1.807) is 0 Å². The molecule has 0 aromatic rings. The maximum absolute atomic E-state index is 10.5. The highest BCUT2D eigenvalue weighted by Gasteiger charge is 2.25. The Kier molecular flexibility index (Phi) is 4.39. The Morgan fingerprint density at radius 2 is 2.00 bits per heavy atom. The van der Waals surface area contributed by atoms with Gasteiger partial charge in [0, 0.05) is 6.04 Å². The van der Waals surface area contributed by atoms with Crippen LogP contribution >= 0.6 is 0 Å². The predicted octanol–water partition coefficient (Wildman–Crippen LogP) is 2.00. The summed E-state index contributed by atoms with van der Waals surface area (Å²) in [5.74, 6) is 0.227. The van der Waals surface area contributed by atoms with Crippen LogP contribution in [-0.2, 0) is 4.79 Å². The third kappa shape index (κ3) is 3.29. The number of nitrogens with two attached hydrogens (primary N) is 1. The molecule has 1 aliphatic carbocycles. The second-order valence-electron chi connectivity index (χ2n) is 4.52. The molecule has 0 aromatic heterocycles. The topological polar surface area (TPSA) is 63.3 Å². The van der Waals surface area contributed by atoms with Crippen molar-refractivity contribution in [1.29, 1.82) is 0 Å². The van der Waals surface area contributed by atoms with Gasteiger partial charge < -0.3 is 10.8 Å². The van der Waals surface area contributed by atoms with Crippen molar-refractivity contribution >= 4 is 5.97 Å². The van der Waals surface area contributed by atoms with E-state index in [-0.39, 0.29) is 12.5 Å². The summed E-state index contributed by atoms with van der Waals surface area (Å²) in [7, 11) is 0. The third-order valence-electron chi connectivity index (χ3n) is 3.48. The van der Waals surface area contributed by atoms with Crippen LogP contribution in [0.2, 0.25) is 0 Å². The predicted molar refractivity (Wildman–Crippen MR) is 56.0 cm³/mol. The molecule has 0 radical (unpaired) electrons. The van der Waals surface area contributed by atoms with Gasteiger partial charge in [-0.15, -0.1) is 0 Å². The Morgan fingerprint density at radius 3 is 2.50 bits per heavy atom. The average Bonchev–Trinajstić information content (AvgIpc) is 2.17. The first-order valence-electron chi connectivity index (χ1n) is 5.58. The number of rotatable bonds is 4. The molecule has 0 heterocycles. The summed E-state index contributed by atoms with van der Waals surface area (Å²) < 4.78 is 0. The summed E-state index contributed by atoms with van der Waals surface area (Å²) in [6.07, 6.45) is 6.47. The van der Waals surface area contributed by atoms with E-state index in [4.69, 9.17) is 10.8 Å². The molecular formula is C11H21NO2. The minimum Gasteiger partial charge on any atom is -0.481 e. The average molecular weight is 199 g/mol. The van der Waals surface area contributed by atoms with Crippen LogP contribution in [-0.4, -0.2) is 17.1 Å². The SMILES string of the molecule is C[C@H](C1CCCCC1)[C@H](N)CC(=O)O. The molecule has 0 bridgehead atoms. The van der Waals surface area contributed by atoms with Gasteiger partial charge in [0.25, 0.3) is 0 Å². The highest BCUT2D eigenvalue weighted by atomic mass is 16.4. The number of carbonyl (C=O) groups is 1. The molecule has 3 N–H and O–H groups in total. The molecule has 0 aliphatic heterocycles. The number of carboxylic acid groups (broad SMARTS) is 1. The maximum atomic E-state index is 10.5. The first-order valence-corrected chi connectivity index (χ1v) is 5.58. The summed E-state index contributed by atoms with van der Waals surface area (Å²) in [6, 6.07) is -0.171. The fraction of sp³-hybridized carbons (Fsp3) is 0.909. The molecule has 0 aromatic carbocycles. The largest absolute Gasteiger partial charge is 0.481 e. The van der Waals surface area contributed by atoms with Crippen molar-refractivity contribution in [2.24, 2.45) is 17.6 Å². The second-order valence-corrected chi connectivity index (χ2v) is 4.52. The summed E-state index contributed by atoms with van der Waals surface area (Å²) in [6.45, 7) is 2.10. The zero-order valence-electron chi connectivity index (χ0n) is 8.91. The zero-order chi connectivity index (χ0) is 10.6. The molecule has 2 atom stereocenters. The highest BCUT2D eigenvalue weighted by Crippen LogP contribution is 2.31. The molecule has 1 aliphatic rings. The fourth-order valence-electron chi connectivity index (χ4n) is 2.40. The van der Waals surface area contributed by atoms with Gasteiger partial charge in [-0.3, -0.25) is 4.79 Å². The number of carboxylic acids is 1. The van der Waals surface area contributed by atoms with Crippen molar-refractivity contribution in [2.45, 2.75) is 51.5 Å². The lowest BCUT2D eigenvalue weighted by Crippen LogP contribution is -2.36. The van der Waals surface area contributed by atoms with Crippen molar-refractivity contribution in [2.75, 3.05) is 0 Å². The molecular weight excluding hydrogens is 178 g/mol. The van der Waals surface area contributed by atoms with Crippen LogP contribution in [0.5, 0.6) is 0 Å². The van der Waals surface area contributed by atoms with Gasteiger partial charge >= 0.3 is 5.97 Å². The van der Waals surface area contributed by atoms with Crippen molar-refractivity contribution in [1.82, 2.24) is 0 Å². The summed E-state index contributed by atoms with van der Waals surface area (Å²) in [4.78, 5) is 10.5. The molecule has 82 valence electrons. The molecule has 3 nitrogen and oxygen atoms in total.